The second-order valence-corrected chi connectivity index (χ2v) is 12.6. The predicted molar refractivity (Wildman–Crippen MR) is 166 cm³/mol. The molecule has 0 bridgehead atoms. The van der Waals surface area contributed by atoms with Gasteiger partial charge in [-0.25, -0.2) is 8.42 Å². The molecular formula is C33H43N3O4S. The molecule has 1 N–H and O–H groups in total. The average molecular weight is 578 g/mol. The SMILES string of the molecule is CC[C@H](C)NC(=O)[C@H](Cc1ccccc1)N(Cc1ccccc1)C(=O)CCCN(c1ccc(C)c(C)c1)S(C)(=O)=O. The van der Waals surface area contributed by atoms with Crippen molar-refractivity contribution in [1.82, 2.24) is 10.2 Å². The fraction of sp³-hybridized carbons (Fsp3) is 0.394. The molecule has 2 atom stereocenters. The van der Waals surface area contributed by atoms with Crippen LogP contribution < -0.4 is 9.62 Å². The number of carbonyl (C=O) groups excluding carboxylic acids is 2. The number of sulfonamides is 1. The summed E-state index contributed by atoms with van der Waals surface area (Å²) < 4.78 is 26.7. The summed E-state index contributed by atoms with van der Waals surface area (Å²) in [5, 5.41) is 3.08. The Hall–Kier alpha value is -3.65. The Kier molecular flexibility index (Phi) is 11.5. The van der Waals surface area contributed by atoms with Crippen LogP contribution in [0.3, 0.4) is 0 Å². The van der Waals surface area contributed by atoms with Crippen molar-refractivity contribution in [1.29, 1.82) is 0 Å². The van der Waals surface area contributed by atoms with Crippen molar-refractivity contribution in [2.75, 3.05) is 17.1 Å². The maximum atomic E-state index is 13.9. The van der Waals surface area contributed by atoms with Crippen LogP contribution in [-0.2, 0) is 32.6 Å². The molecule has 2 amide bonds. The van der Waals surface area contributed by atoms with Gasteiger partial charge in [0, 0.05) is 32.0 Å². The lowest BCUT2D eigenvalue weighted by Crippen LogP contribution is -2.52. The van der Waals surface area contributed by atoms with Gasteiger partial charge in [-0.1, -0.05) is 73.7 Å². The van der Waals surface area contributed by atoms with E-state index in [1.54, 1.807) is 11.0 Å². The number of nitrogens with zero attached hydrogens (tertiary/aromatic N) is 2. The van der Waals surface area contributed by atoms with Crippen molar-refractivity contribution < 1.29 is 18.0 Å². The van der Waals surface area contributed by atoms with E-state index in [1.807, 2.05) is 100 Å². The lowest BCUT2D eigenvalue weighted by molar-refractivity contribution is -0.141. The third kappa shape index (κ3) is 9.46. The first kappa shape index (κ1) is 31.9. The number of hydrogen-bond donors (Lipinski definition) is 1. The van der Waals surface area contributed by atoms with E-state index < -0.39 is 16.1 Å². The van der Waals surface area contributed by atoms with E-state index in [0.717, 1.165) is 28.7 Å². The topological polar surface area (TPSA) is 86.8 Å². The van der Waals surface area contributed by atoms with E-state index in [4.69, 9.17) is 0 Å². The molecule has 0 aromatic heterocycles. The Bertz CT molecular complexity index is 1390. The second kappa shape index (κ2) is 14.8. The summed E-state index contributed by atoms with van der Waals surface area (Å²) in [6, 6.07) is 24.1. The number of anilines is 1. The van der Waals surface area contributed by atoms with Gasteiger partial charge in [-0.05, 0) is 68.0 Å². The maximum Gasteiger partial charge on any atom is 0.243 e. The second-order valence-electron chi connectivity index (χ2n) is 10.7. The van der Waals surface area contributed by atoms with Gasteiger partial charge in [0.1, 0.15) is 6.04 Å². The van der Waals surface area contributed by atoms with Crippen molar-refractivity contribution in [3.63, 3.8) is 0 Å². The standard InChI is InChI=1S/C33H43N3O4S/c1-6-27(4)34-33(38)31(23-28-14-9-7-10-15-28)35(24-29-16-11-8-12-17-29)32(37)18-13-21-36(41(5,39)40)30-20-19-25(2)26(3)22-30/h7-12,14-17,19-20,22,27,31H,6,13,18,21,23-24H2,1-5H3,(H,34,38)/t27-,31-/m0/s1. The van der Waals surface area contributed by atoms with E-state index in [1.165, 1.54) is 10.6 Å². The van der Waals surface area contributed by atoms with Gasteiger partial charge in [-0.15, -0.1) is 0 Å². The third-order valence-corrected chi connectivity index (χ3v) is 8.59. The maximum absolute atomic E-state index is 13.9. The molecule has 41 heavy (non-hydrogen) atoms. The van der Waals surface area contributed by atoms with Gasteiger partial charge in [-0.3, -0.25) is 13.9 Å². The number of nitrogens with one attached hydrogen (secondary N) is 1. The van der Waals surface area contributed by atoms with Crippen molar-refractivity contribution in [3.05, 3.63) is 101 Å². The molecule has 3 aromatic carbocycles. The Balaban J connectivity index is 1.87. The number of amides is 2. The van der Waals surface area contributed by atoms with E-state index in [9.17, 15) is 18.0 Å². The zero-order chi connectivity index (χ0) is 30.0. The quantitative estimate of drug-likeness (QED) is 0.278. The van der Waals surface area contributed by atoms with Gasteiger partial charge in [0.15, 0.2) is 0 Å². The molecule has 7 nitrogen and oxygen atoms in total. The first-order chi connectivity index (χ1) is 19.5. The zero-order valence-electron chi connectivity index (χ0n) is 24.8. The average Bonchev–Trinajstić information content (AvgIpc) is 2.94. The van der Waals surface area contributed by atoms with Crippen LogP contribution in [0.5, 0.6) is 0 Å². The zero-order valence-corrected chi connectivity index (χ0v) is 25.7. The Morgan fingerprint density at radius 2 is 1.49 bits per heavy atom. The molecule has 0 saturated carbocycles. The molecule has 0 radical (unpaired) electrons. The van der Waals surface area contributed by atoms with Crippen LogP contribution in [0.25, 0.3) is 0 Å². The van der Waals surface area contributed by atoms with Crippen LogP contribution in [0.2, 0.25) is 0 Å². The molecule has 0 aliphatic rings. The molecule has 8 heteroatoms. The minimum atomic E-state index is -3.56. The van der Waals surface area contributed by atoms with Gasteiger partial charge >= 0.3 is 0 Å². The molecular weight excluding hydrogens is 534 g/mol. The Morgan fingerprint density at radius 1 is 0.878 bits per heavy atom. The smallest absolute Gasteiger partial charge is 0.243 e. The number of rotatable bonds is 14. The van der Waals surface area contributed by atoms with Crippen LogP contribution in [0.15, 0.2) is 78.9 Å². The van der Waals surface area contributed by atoms with E-state index in [2.05, 4.69) is 5.32 Å². The normalized spacial score (nSPS) is 12.8. The van der Waals surface area contributed by atoms with Gasteiger partial charge in [-0.2, -0.15) is 0 Å². The molecule has 0 unspecified atom stereocenters. The summed E-state index contributed by atoms with van der Waals surface area (Å²) in [5.41, 5.74) is 4.54. The van der Waals surface area contributed by atoms with Gasteiger partial charge in [0.2, 0.25) is 21.8 Å². The lowest BCUT2D eigenvalue weighted by atomic mass is 10.0. The highest BCUT2D eigenvalue weighted by Crippen LogP contribution is 2.23. The van der Waals surface area contributed by atoms with E-state index >= 15 is 0 Å². The first-order valence-electron chi connectivity index (χ1n) is 14.2. The highest BCUT2D eigenvalue weighted by molar-refractivity contribution is 7.92. The minimum absolute atomic E-state index is 0.0317. The van der Waals surface area contributed by atoms with Crippen LogP contribution in [0, 0.1) is 13.8 Å². The van der Waals surface area contributed by atoms with Gasteiger partial charge in [0.25, 0.3) is 0 Å². The molecule has 220 valence electrons. The predicted octanol–water partition coefficient (Wildman–Crippen LogP) is 5.40. The molecule has 3 aromatic rings. The van der Waals surface area contributed by atoms with Crippen molar-refractivity contribution in [2.24, 2.45) is 0 Å². The molecule has 0 aliphatic carbocycles. The highest BCUT2D eigenvalue weighted by Gasteiger charge is 2.31. The highest BCUT2D eigenvalue weighted by atomic mass is 32.2. The fourth-order valence-electron chi connectivity index (χ4n) is 4.66. The number of benzene rings is 3. The van der Waals surface area contributed by atoms with Crippen molar-refractivity contribution in [3.8, 4) is 0 Å². The summed E-state index contributed by atoms with van der Waals surface area (Å²) in [4.78, 5) is 29.2. The molecule has 0 spiro atoms. The summed E-state index contributed by atoms with van der Waals surface area (Å²) >= 11 is 0. The number of aryl methyl sites for hydroxylation is 2. The summed E-state index contributed by atoms with van der Waals surface area (Å²) in [6.45, 7) is 8.32. The van der Waals surface area contributed by atoms with E-state index in [-0.39, 0.29) is 37.4 Å². The number of hydrogen-bond acceptors (Lipinski definition) is 4. The fourth-order valence-corrected chi connectivity index (χ4v) is 5.62. The Labute approximate surface area is 245 Å². The molecule has 0 heterocycles. The monoisotopic (exact) mass is 577 g/mol. The summed E-state index contributed by atoms with van der Waals surface area (Å²) in [7, 11) is -3.56. The minimum Gasteiger partial charge on any atom is -0.352 e. The first-order valence-corrected chi connectivity index (χ1v) is 16.1. The molecule has 0 saturated heterocycles. The summed E-state index contributed by atoms with van der Waals surface area (Å²) in [6.07, 6.45) is 2.75. The van der Waals surface area contributed by atoms with Crippen LogP contribution >= 0.6 is 0 Å². The molecule has 0 fully saturated rings. The number of carbonyl (C=O) groups is 2. The van der Waals surface area contributed by atoms with Crippen LogP contribution in [0.1, 0.15) is 55.4 Å². The summed E-state index contributed by atoms with van der Waals surface area (Å²) in [5.74, 6) is -0.386. The lowest BCUT2D eigenvalue weighted by Gasteiger charge is -2.32. The van der Waals surface area contributed by atoms with Gasteiger partial charge < -0.3 is 10.2 Å². The van der Waals surface area contributed by atoms with Crippen molar-refractivity contribution in [2.45, 2.75) is 72.0 Å². The largest absolute Gasteiger partial charge is 0.352 e. The molecule has 3 rings (SSSR count). The van der Waals surface area contributed by atoms with E-state index in [0.29, 0.717) is 18.5 Å². The van der Waals surface area contributed by atoms with Crippen LogP contribution in [0.4, 0.5) is 5.69 Å². The van der Waals surface area contributed by atoms with Crippen LogP contribution in [-0.4, -0.2) is 50.0 Å². The third-order valence-electron chi connectivity index (χ3n) is 7.40. The molecule has 0 aliphatic heterocycles. The van der Waals surface area contributed by atoms with Crippen molar-refractivity contribution >= 4 is 27.5 Å². The Morgan fingerprint density at radius 3 is 2.05 bits per heavy atom. The van der Waals surface area contributed by atoms with Gasteiger partial charge in [0.05, 0.1) is 11.9 Å².